The molecule has 1 amide bonds. The van der Waals surface area contributed by atoms with Gasteiger partial charge in [0.25, 0.3) is 0 Å². The highest BCUT2D eigenvalue weighted by Crippen LogP contribution is 2.45. The molecule has 1 spiro atoms. The molecular formula is C35H37BrF3N7O5. The average molecular weight is 773 g/mol. The number of aryl methyl sites for hydroxylation is 1. The Bertz CT molecular complexity index is 1870. The third kappa shape index (κ3) is 8.21. The lowest BCUT2D eigenvalue weighted by molar-refractivity contribution is -0.198. The van der Waals surface area contributed by atoms with Crippen molar-refractivity contribution in [3.63, 3.8) is 0 Å². The summed E-state index contributed by atoms with van der Waals surface area (Å²) in [5.74, 6) is -0.792. The molecule has 270 valence electrons. The van der Waals surface area contributed by atoms with Gasteiger partial charge in [0.1, 0.15) is 18.5 Å². The number of ether oxygens (including phenoxy) is 3. The molecule has 2 saturated heterocycles. The number of likely N-dealkylation sites (tertiary alicyclic amines) is 1. The summed E-state index contributed by atoms with van der Waals surface area (Å²) in [6, 6.07) is 15.8. The number of amides is 1. The first-order valence-corrected chi connectivity index (χ1v) is 17.2. The average Bonchev–Trinajstić information content (AvgIpc) is 3.70. The van der Waals surface area contributed by atoms with Crippen LogP contribution in [0.2, 0.25) is 0 Å². The Balaban J connectivity index is 1.19. The molecule has 0 aliphatic carbocycles. The maximum absolute atomic E-state index is 14.7. The van der Waals surface area contributed by atoms with E-state index in [1.54, 1.807) is 26.1 Å². The number of nitrogens with two attached hydrogens (primary N) is 1. The molecule has 2 aromatic carbocycles. The van der Waals surface area contributed by atoms with Gasteiger partial charge in [-0.3, -0.25) is 4.90 Å². The standard InChI is InChI=1S/C35H37BrF3N7O5/c1-3-49-31(47)27-19-34(21-45(27)33(48)50-20-23-7-5-4-6-8-23)12-15-44(16-13-34)28-18-29(42-32(40)41-28)51-30(35(37,38)39)25-10-9-24(36)17-26(25)46-14-11-22(2)43-46/h4-11,14,17-18,27,30H,3,12-13,15-16,19-21H2,1-2H3,(H2,40,41,42)/t27?,30-/m1/s1. The van der Waals surface area contributed by atoms with Crippen molar-refractivity contribution in [1.29, 1.82) is 0 Å². The quantitative estimate of drug-likeness (QED) is 0.186. The monoisotopic (exact) mass is 771 g/mol. The van der Waals surface area contributed by atoms with Gasteiger partial charge in [-0.25, -0.2) is 14.3 Å². The van der Waals surface area contributed by atoms with Gasteiger partial charge in [0.15, 0.2) is 0 Å². The molecule has 2 aliphatic rings. The summed E-state index contributed by atoms with van der Waals surface area (Å²) in [5.41, 5.74) is 7.06. The first-order chi connectivity index (χ1) is 24.3. The zero-order valence-corrected chi connectivity index (χ0v) is 29.6. The minimum atomic E-state index is -4.83. The van der Waals surface area contributed by atoms with Crippen LogP contribution in [0.5, 0.6) is 5.88 Å². The lowest BCUT2D eigenvalue weighted by Crippen LogP contribution is -2.43. The third-order valence-corrected chi connectivity index (χ3v) is 9.63. The van der Waals surface area contributed by atoms with Crippen LogP contribution < -0.4 is 15.4 Å². The van der Waals surface area contributed by atoms with Gasteiger partial charge in [-0.05, 0) is 62.3 Å². The van der Waals surface area contributed by atoms with Gasteiger partial charge in [0, 0.05) is 41.9 Å². The molecule has 2 aromatic heterocycles. The number of nitrogen functional groups attached to an aromatic ring is 1. The number of piperidine rings is 1. The first-order valence-electron chi connectivity index (χ1n) is 16.4. The smallest absolute Gasteiger partial charge is 0.429 e. The Morgan fingerprint density at radius 2 is 1.80 bits per heavy atom. The Morgan fingerprint density at radius 3 is 2.47 bits per heavy atom. The van der Waals surface area contributed by atoms with Gasteiger partial charge in [-0.2, -0.15) is 28.2 Å². The van der Waals surface area contributed by atoms with E-state index < -0.39 is 35.8 Å². The Kier molecular flexibility index (Phi) is 10.4. The van der Waals surface area contributed by atoms with Crippen molar-refractivity contribution in [3.05, 3.63) is 88.2 Å². The number of anilines is 2. The number of carbonyl (C=O) groups excluding carboxylic acids is 2. The first kappa shape index (κ1) is 35.9. The van der Waals surface area contributed by atoms with Crippen molar-refractivity contribution < 1.29 is 37.0 Å². The van der Waals surface area contributed by atoms with E-state index in [0.29, 0.717) is 48.3 Å². The summed E-state index contributed by atoms with van der Waals surface area (Å²) in [7, 11) is 0. The van der Waals surface area contributed by atoms with Crippen molar-refractivity contribution in [1.82, 2.24) is 24.6 Å². The van der Waals surface area contributed by atoms with E-state index in [1.165, 1.54) is 33.8 Å². The van der Waals surface area contributed by atoms with E-state index in [1.807, 2.05) is 35.2 Å². The normalized spacial score (nSPS) is 17.7. The van der Waals surface area contributed by atoms with Crippen molar-refractivity contribution in [2.45, 2.75) is 58.0 Å². The van der Waals surface area contributed by atoms with Crippen LogP contribution in [0.3, 0.4) is 0 Å². The molecule has 2 N–H and O–H groups in total. The number of rotatable bonds is 9. The van der Waals surface area contributed by atoms with E-state index in [2.05, 4.69) is 31.0 Å². The van der Waals surface area contributed by atoms with Crippen molar-refractivity contribution >= 4 is 39.8 Å². The number of carbonyl (C=O) groups is 2. The summed E-state index contributed by atoms with van der Waals surface area (Å²) < 4.78 is 62.4. The van der Waals surface area contributed by atoms with Crippen molar-refractivity contribution in [2.75, 3.05) is 36.9 Å². The van der Waals surface area contributed by atoms with Crippen molar-refractivity contribution in [2.24, 2.45) is 5.41 Å². The number of halogens is 4. The predicted molar refractivity (Wildman–Crippen MR) is 184 cm³/mol. The lowest BCUT2D eigenvalue weighted by atomic mass is 9.76. The molecule has 12 nitrogen and oxygen atoms in total. The lowest BCUT2D eigenvalue weighted by Gasteiger charge is -2.39. The highest BCUT2D eigenvalue weighted by Gasteiger charge is 2.51. The number of hydrogen-bond acceptors (Lipinski definition) is 10. The SMILES string of the molecule is CCOC(=O)C1CC2(CCN(c3cc(O[C@H](c4ccc(Br)cc4-n4ccc(C)n4)C(F)(F)F)nc(N)n3)CC2)CN1C(=O)OCc1ccccc1. The molecule has 6 rings (SSSR count). The molecule has 51 heavy (non-hydrogen) atoms. The fourth-order valence-electron chi connectivity index (χ4n) is 6.64. The Morgan fingerprint density at radius 1 is 1.06 bits per heavy atom. The summed E-state index contributed by atoms with van der Waals surface area (Å²) in [6.45, 7) is 4.82. The third-order valence-electron chi connectivity index (χ3n) is 9.14. The molecule has 0 bridgehead atoms. The second kappa shape index (κ2) is 14.8. The maximum atomic E-state index is 14.7. The van der Waals surface area contributed by atoms with Gasteiger partial charge in [0.05, 0.1) is 18.0 Å². The van der Waals surface area contributed by atoms with E-state index in [9.17, 15) is 22.8 Å². The number of benzene rings is 2. The van der Waals surface area contributed by atoms with Gasteiger partial charge < -0.3 is 24.8 Å². The van der Waals surface area contributed by atoms with Crippen LogP contribution >= 0.6 is 15.9 Å². The number of alkyl halides is 3. The van der Waals surface area contributed by atoms with Crippen LogP contribution in [0.15, 0.2) is 71.3 Å². The molecule has 1 unspecified atom stereocenters. The zero-order chi connectivity index (χ0) is 36.3. The number of aromatic nitrogens is 4. The van der Waals surface area contributed by atoms with Gasteiger partial charge in [-0.1, -0.05) is 52.3 Å². The number of hydrogen-bond donors (Lipinski definition) is 1. The van der Waals surface area contributed by atoms with Crippen LogP contribution in [-0.4, -0.2) is 75.2 Å². The number of esters is 1. The van der Waals surface area contributed by atoms with E-state index in [4.69, 9.17) is 19.9 Å². The topological polar surface area (TPSA) is 138 Å². The molecular weight excluding hydrogens is 735 g/mol. The van der Waals surface area contributed by atoms with Gasteiger partial charge >= 0.3 is 18.2 Å². The minimum Gasteiger partial charge on any atom is -0.464 e. The fraction of sp³-hybridized carbons (Fsp3) is 0.400. The Labute approximate surface area is 300 Å². The molecule has 4 heterocycles. The summed E-state index contributed by atoms with van der Waals surface area (Å²) >= 11 is 3.34. The van der Waals surface area contributed by atoms with E-state index >= 15 is 0 Å². The second-order valence-electron chi connectivity index (χ2n) is 12.7. The van der Waals surface area contributed by atoms with E-state index in [-0.39, 0.29) is 42.8 Å². The van der Waals surface area contributed by atoms with E-state index in [0.717, 1.165) is 5.56 Å². The highest BCUT2D eigenvalue weighted by molar-refractivity contribution is 9.10. The summed E-state index contributed by atoms with van der Waals surface area (Å²) in [4.78, 5) is 37.9. The molecule has 0 radical (unpaired) electrons. The molecule has 2 atom stereocenters. The molecule has 0 saturated carbocycles. The van der Waals surface area contributed by atoms with Crippen LogP contribution in [0, 0.1) is 12.3 Å². The highest BCUT2D eigenvalue weighted by atomic mass is 79.9. The van der Waals surface area contributed by atoms with Crippen LogP contribution in [0.1, 0.15) is 49.1 Å². The summed E-state index contributed by atoms with van der Waals surface area (Å²) in [5, 5.41) is 4.30. The zero-order valence-electron chi connectivity index (χ0n) is 28.0. The fourth-order valence-corrected chi connectivity index (χ4v) is 6.99. The maximum Gasteiger partial charge on any atom is 0.429 e. The van der Waals surface area contributed by atoms with Crippen LogP contribution in [0.25, 0.3) is 5.69 Å². The molecule has 16 heteroatoms. The Hall–Kier alpha value is -4.86. The summed E-state index contributed by atoms with van der Waals surface area (Å²) in [6.07, 6.45) is -4.75. The second-order valence-corrected chi connectivity index (χ2v) is 13.6. The predicted octanol–water partition coefficient (Wildman–Crippen LogP) is 6.56. The number of nitrogens with zero attached hydrogens (tertiary/aromatic N) is 6. The molecule has 2 fully saturated rings. The largest absolute Gasteiger partial charge is 0.464 e. The van der Waals surface area contributed by atoms with Crippen LogP contribution in [-0.2, 0) is 20.9 Å². The van der Waals surface area contributed by atoms with Gasteiger partial charge in [0.2, 0.25) is 17.9 Å². The minimum absolute atomic E-state index is 0.0628. The molecule has 4 aromatic rings. The van der Waals surface area contributed by atoms with Crippen LogP contribution in [0.4, 0.5) is 29.7 Å². The van der Waals surface area contributed by atoms with Crippen molar-refractivity contribution in [3.8, 4) is 11.6 Å². The van der Waals surface area contributed by atoms with Gasteiger partial charge in [-0.15, -0.1) is 0 Å². The molecule has 2 aliphatic heterocycles.